The second kappa shape index (κ2) is 10.3. The van der Waals surface area contributed by atoms with E-state index < -0.39 is 10.0 Å². The third-order valence-corrected chi connectivity index (χ3v) is 7.98. The van der Waals surface area contributed by atoms with Crippen LogP contribution in [0.15, 0.2) is 59.5 Å². The molecule has 3 rings (SSSR count). The van der Waals surface area contributed by atoms with Gasteiger partial charge in [0.15, 0.2) is 0 Å². The van der Waals surface area contributed by atoms with Crippen LogP contribution in [-0.4, -0.2) is 55.6 Å². The highest BCUT2D eigenvalue weighted by Gasteiger charge is 2.29. The standard InChI is InChI=1S/C24H31N3O4S/c1-18(2)26(3)32(30,31)22-11-7-10-21(16-22)24(29)27-14-12-20(13-15-27)23(28)25-17-19-8-5-4-6-9-19/h4-11,16,18,20H,12-15,17H2,1-3H3,(H,25,28). The van der Waals surface area contributed by atoms with Gasteiger partial charge in [-0.3, -0.25) is 9.59 Å². The first-order valence-corrected chi connectivity index (χ1v) is 12.3. The number of hydrogen-bond donors (Lipinski definition) is 1. The molecule has 32 heavy (non-hydrogen) atoms. The first-order valence-electron chi connectivity index (χ1n) is 10.9. The van der Waals surface area contributed by atoms with Gasteiger partial charge in [-0.25, -0.2) is 8.42 Å². The first kappa shape index (κ1) is 23.9. The van der Waals surface area contributed by atoms with Crippen molar-refractivity contribution in [2.75, 3.05) is 20.1 Å². The van der Waals surface area contributed by atoms with Crippen LogP contribution in [0.25, 0.3) is 0 Å². The quantitative estimate of drug-likeness (QED) is 0.693. The molecule has 2 aromatic carbocycles. The number of nitrogens with zero attached hydrogens (tertiary/aromatic N) is 2. The molecular formula is C24H31N3O4S. The summed E-state index contributed by atoms with van der Waals surface area (Å²) in [4.78, 5) is 27.3. The maximum Gasteiger partial charge on any atom is 0.253 e. The molecule has 2 amide bonds. The second-order valence-electron chi connectivity index (χ2n) is 8.41. The smallest absolute Gasteiger partial charge is 0.253 e. The van der Waals surface area contributed by atoms with Crippen molar-refractivity contribution in [2.45, 2.75) is 44.2 Å². The number of hydrogen-bond acceptors (Lipinski definition) is 4. The Labute approximate surface area is 190 Å². The lowest BCUT2D eigenvalue weighted by molar-refractivity contribution is -0.126. The van der Waals surface area contributed by atoms with E-state index >= 15 is 0 Å². The molecule has 1 heterocycles. The van der Waals surface area contributed by atoms with Crippen LogP contribution in [0.5, 0.6) is 0 Å². The molecule has 172 valence electrons. The number of amides is 2. The van der Waals surface area contributed by atoms with Gasteiger partial charge in [0.1, 0.15) is 0 Å². The topological polar surface area (TPSA) is 86.8 Å². The number of sulfonamides is 1. The largest absolute Gasteiger partial charge is 0.352 e. The van der Waals surface area contributed by atoms with E-state index in [0.29, 0.717) is 38.0 Å². The van der Waals surface area contributed by atoms with Crippen LogP contribution in [0.3, 0.4) is 0 Å². The fourth-order valence-corrected chi connectivity index (χ4v) is 5.10. The fraction of sp³-hybridized carbons (Fsp3) is 0.417. The third-order valence-electron chi connectivity index (χ3n) is 5.95. The first-order chi connectivity index (χ1) is 15.2. The molecule has 0 spiro atoms. The van der Waals surface area contributed by atoms with Crippen molar-refractivity contribution in [3.8, 4) is 0 Å². The Morgan fingerprint density at radius 3 is 2.34 bits per heavy atom. The molecule has 1 aliphatic rings. The number of likely N-dealkylation sites (tertiary alicyclic amines) is 1. The monoisotopic (exact) mass is 457 g/mol. The van der Waals surface area contributed by atoms with Crippen molar-refractivity contribution in [1.82, 2.24) is 14.5 Å². The van der Waals surface area contributed by atoms with E-state index in [1.807, 2.05) is 30.3 Å². The Balaban J connectivity index is 1.59. The van der Waals surface area contributed by atoms with E-state index in [9.17, 15) is 18.0 Å². The third kappa shape index (κ3) is 5.55. The molecule has 0 bridgehead atoms. The molecule has 1 N–H and O–H groups in total. The van der Waals surface area contributed by atoms with E-state index in [0.717, 1.165) is 5.56 Å². The molecular weight excluding hydrogens is 426 g/mol. The molecule has 1 saturated heterocycles. The van der Waals surface area contributed by atoms with Gasteiger partial charge in [0.25, 0.3) is 5.91 Å². The molecule has 0 saturated carbocycles. The lowest BCUT2D eigenvalue weighted by atomic mass is 9.95. The summed E-state index contributed by atoms with van der Waals surface area (Å²) in [5, 5.41) is 2.97. The molecule has 0 aliphatic carbocycles. The van der Waals surface area contributed by atoms with Gasteiger partial charge in [-0.1, -0.05) is 36.4 Å². The molecule has 8 heteroatoms. The second-order valence-corrected chi connectivity index (χ2v) is 10.4. The van der Waals surface area contributed by atoms with E-state index in [1.54, 1.807) is 30.9 Å². The minimum absolute atomic E-state index is 0.00534. The van der Waals surface area contributed by atoms with Crippen molar-refractivity contribution in [2.24, 2.45) is 5.92 Å². The number of carbonyl (C=O) groups is 2. The maximum absolute atomic E-state index is 13.0. The predicted octanol–water partition coefficient (Wildman–Crippen LogP) is 2.88. The summed E-state index contributed by atoms with van der Waals surface area (Å²) in [6, 6.07) is 15.7. The molecule has 2 aromatic rings. The van der Waals surface area contributed by atoms with Crippen LogP contribution in [0, 0.1) is 5.92 Å². The highest BCUT2D eigenvalue weighted by atomic mass is 32.2. The van der Waals surface area contributed by atoms with Gasteiger partial charge in [0.05, 0.1) is 4.90 Å². The molecule has 0 aromatic heterocycles. The van der Waals surface area contributed by atoms with Crippen molar-refractivity contribution >= 4 is 21.8 Å². The summed E-state index contributed by atoms with van der Waals surface area (Å²) < 4.78 is 26.8. The number of rotatable bonds is 7. The van der Waals surface area contributed by atoms with E-state index in [4.69, 9.17) is 0 Å². The number of piperidine rings is 1. The van der Waals surface area contributed by atoms with E-state index in [-0.39, 0.29) is 28.7 Å². The number of benzene rings is 2. The highest BCUT2D eigenvalue weighted by molar-refractivity contribution is 7.89. The van der Waals surface area contributed by atoms with Gasteiger partial charge < -0.3 is 10.2 Å². The van der Waals surface area contributed by atoms with Gasteiger partial charge in [-0.05, 0) is 50.5 Å². The van der Waals surface area contributed by atoms with E-state index in [2.05, 4.69) is 5.32 Å². The summed E-state index contributed by atoms with van der Waals surface area (Å²) in [6.07, 6.45) is 1.17. The van der Waals surface area contributed by atoms with Crippen LogP contribution in [0.1, 0.15) is 42.6 Å². The van der Waals surface area contributed by atoms with Crippen LogP contribution in [0.2, 0.25) is 0 Å². The molecule has 1 aliphatic heterocycles. The van der Waals surface area contributed by atoms with Crippen LogP contribution in [-0.2, 0) is 21.4 Å². The van der Waals surface area contributed by atoms with Crippen LogP contribution >= 0.6 is 0 Å². The summed E-state index contributed by atoms with van der Waals surface area (Å²) in [5.74, 6) is -0.336. The average Bonchev–Trinajstić information content (AvgIpc) is 2.82. The number of carbonyl (C=O) groups excluding carboxylic acids is 2. The van der Waals surface area contributed by atoms with Gasteiger partial charge in [-0.2, -0.15) is 4.31 Å². The zero-order valence-corrected chi connectivity index (χ0v) is 19.6. The number of nitrogens with one attached hydrogen (secondary N) is 1. The zero-order valence-electron chi connectivity index (χ0n) is 18.8. The van der Waals surface area contributed by atoms with Crippen LogP contribution in [0.4, 0.5) is 0 Å². The SMILES string of the molecule is CC(C)N(C)S(=O)(=O)c1cccc(C(=O)N2CCC(C(=O)NCc3ccccc3)CC2)c1. The normalized spacial score (nSPS) is 15.2. The summed E-state index contributed by atoms with van der Waals surface area (Å²) in [7, 11) is -2.13. The molecule has 0 radical (unpaired) electrons. The van der Waals surface area contributed by atoms with Gasteiger partial charge in [-0.15, -0.1) is 0 Å². The lowest BCUT2D eigenvalue weighted by Crippen LogP contribution is -2.43. The van der Waals surface area contributed by atoms with Gasteiger partial charge >= 0.3 is 0 Å². The van der Waals surface area contributed by atoms with Crippen molar-refractivity contribution in [1.29, 1.82) is 0 Å². The summed E-state index contributed by atoms with van der Waals surface area (Å²) in [5.41, 5.74) is 1.39. The minimum Gasteiger partial charge on any atom is -0.352 e. The van der Waals surface area contributed by atoms with Crippen molar-refractivity contribution in [3.63, 3.8) is 0 Å². The van der Waals surface area contributed by atoms with E-state index in [1.165, 1.54) is 23.5 Å². The van der Waals surface area contributed by atoms with Crippen molar-refractivity contribution in [3.05, 3.63) is 65.7 Å². The zero-order chi connectivity index (χ0) is 23.3. The molecule has 0 atom stereocenters. The Bertz CT molecular complexity index is 1050. The predicted molar refractivity (Wildman–Crippen MR) is 123 cm³/mol. The molecule has 0 unspecified atom stereocenters. The lowest BCUT2D eigenvalue weighted by Gasteiger charge is -2.31. The Hall–Kier alpha value is -2.71. The Morgan fingerprint density at radius 2 is 1.72 bits per heavy atom. The maximum atomic E-state index is 13.0. The summed E-state index contributed by atoms with van der Waals surface area (Å²) in [6.45, 7) is 5.01. The van der Waals surface area contributed by atoms with Crippen molar-refractivity contribution < 1.29 is 18.0 Å². The van der Waals surface area contributed by atoms with Gasteiger partial charge in [0.2, 0.25) is 15.9 Å². The minimum atomic E-state index is -3.66. The van der Waals surface area contributed by atoms with Gasteiger partial charge in [0, 0.05) is 44.2 Å². The Kier molecular flexibility index (Phi) is 7.69. The van der Waals surface area contributed by atoms with Crippen LogP contribution < -0.4 is 5.32 Å². The molecule has 7 nitrogen and oxygen atoms in total. The average molecular weight is 458 g/mol. The fourth-order valence-electron chi connectivity index (χ4n) is 3.69. The molecule has 1 fully saturated rings. The summed E-state index contributed by atoms with van der Waals surface area (Å²) >= 11 is 0. The Morgan fingerprint density at radius 1 is 1.06 bits per heavy atom. The highest BCUT2D eigenvalue weighted by Crippen LogP contribution is 2.22.